The van der Waals surface area contributed by atoms with E-state index in [1.54, 1.807) is 17.5 Å². The Morgan fingerprint density at radius 2 is 2.36 bits per heavy atom. The summed E-state index contributed by atoms with van der Waals surface area (Å²) in [4.78, 5) is 4.18. The third kappa shape index (κ3) is 1.25. The molecule has 0 bridgehead atoms. The monoisotopic (exact) mass is 295 g/mol. The van der Waals surface area contributed by atoms with Crippen LogP contribution in [0.5, 0.6) is 0 Å². The van der Waals surface area contributed by atoms with Crippen molar-refractivity contribution in [3.63, 3.8) is 0 Å². The minimum absolute atomic E-state index is 0.784. The van der Waals surface area contributed by atoms with Crippen molar-refractivity contribution >= 4 is 55.7 Å². The summed E-state index contributed by atoms with van der Waals surface area (Å²) >= 11 is 9.88. The van der Waals surface area contributed by atoms with E-state index in [2.05, 4.69) is 27.6 Å². The highest BCUT2D eigenvalue weighted by molar-refractivity contribution is 14.1. The molecule has 4 heteroatoms. The lowest BCUT2D eigenvalue weighted by Gasteiger charge is -1.85. The molecule has 0 radical (unpaired) electrons. The molecule has 1 nitrogen and oxygen atoms in total. The summed E-state index contributed by atoms with van der Waals surface area (Å²) in [5.41, 5.74) is 0.920. The van der Waals surface area contributed by atoms with Gasteiger partial charge in [0.2, 0.25) is 0 Å². The summed E-state index contributed by atoms with van der Waals surface area (Å²) in [6, 6.07) is 3.95. The van der Waals surface area contributed by atoms with Crippen LogP contribution in [0.25, 0.3) is 10.2 Å². The second kappa shape index (κ2) is 2.88. The summed E-state index contributed by atoms with van der Waals surface area (Å²) in [5.74, 6) is 0. The van der Waals surface area contributed by atoms with E-state index in [4.69, 9.17) is 11.6 Å². The van der Waals surface area contributed by atoms with Gasteiger partial charge in [0.15, 0.2) is 0 Å². The first-order valence-corrected chi connectivity index (χ1v) is 5.25. The van der Waals surface area contributed by atoms with Gasteiger partial charge in [-0.2, -0.15) is 0 Å². The molecule has 2 aromatic rings. The maximum atomic E-state index is 5.98. The van der Waals surface area contributed by atoms with E-state index in [9.17, 15) is 0 Å². The number of fused-ring (bicyclic) bond motifs is 1. The number of thiophene rings is 1. The number of hydrogen-bond acceptors (Lipinski definition) is 2. The number of aromatic nitrogens is 1. The van der Waals surface area contributed by atoms with Crippen LogP contribution < -0.4 is 0 Å². The molecule has 56 valence electrons. The van der Waals surface area contributed by atoms with Crippen molar-refractivity contribution in [2.45, 2.75) is 0 Å². The number of nitrogens with zero attached hydrogens (tertiary/aromatic N) is 1. The first-order chi connectivity index (χ1) is 5.29. The molecule has 0 fully saturated rings. The Bertz CT molecular complexity index is 398. The van der Waals surface area contributed by atoms with Crippen LogP contribution in [0.4, 0.5) is 0 Å². The van der Waals surface area contributed by atoms with Crippen LogP contribution in [0.2, 0.25) is 5.02 Å². The lowest BCUT2D eigenvalue weighted by Crippen LogP contribution is -1.69. The van der Waals surface area contributed by atoms with Crippen LogP contribution in [0, 0.1) is 2.88 Å². The Hall–Kier alpha value is 0.130. The molecule has 2 rings (SSSR count). The van der Waals surface area contributed by atoms with Gasteiger partial charge in [-0.25, -0.2) is 0 Å². The van der Waals surface area contributed by atoms with Crippen molar-refractivity contribution in [1.82, 2.24) is 4.98 Å². The Kier molecular flexibility index (Phi) is 2.03. The fraction of sp³-hybridized carbons (Fsp3) is 0. The van der Waals surface area contributed by atoms with Crippen LogP contribution in [-0.2, 0) is 0 Å². The topological polar surface area (TPSA) is 12.9 Å². The lowest BCUT2D eigenvalue weighted by molar-refractivity contribution is 1.43. The van der Waals surface area contributed by atoms with E-state index < -0.39 is 0 Å². The standard InChI is InChI=1S/C7H3ClINS/c8-5-6-4(11-7(5)9)2-1-3-10-6/h1-3H. The molecule has 0 saturated heterocycles. The van der Waals surface area contributed by atoms with Crippen molar-refractivity contribution < 1.29 is 0 Å². The molecule has 0 aromatic carbocycles. The fourth-order valence-electron chi connectivity index (χ4n) is 0.872. The zero-order chi connectivity index (χ0) is 7.84. The van der Waals surface area contributed by atoms with Crippen LogP contribution >= 0.6 is 45.5 Å². The zero-order valence-corrected chi connectivity index (χ0v) is 9.07. The van der Waals surface area contributed by atoms with Crippen molar-refractivity contribution in [3.05, 3.63) is 26.2 Å². The summed E-state index contributed by atoms with van der Waals surface area (Å²) in [6.07, 6.45) is 1.76. The van der Waals surface area contributed by atoms with Gasteiger partial charge in [0.05, 0.1) is 12.6 Å². The molecule has 2 heterocycles. The van der Waals surface area contributed by atoms with Gasteiger partial charge < -0.3 is 0 Å². The maximum absolute atomic E-state index is 5.98. The predicted octanol–water partition coefficient (Wildman–Crippen LogP) is 3.55. The molecule has 2 aromatic heterocycles. The summed E-state index contributed by atoms with van der Waals surface area (Å²) in [6.45, 7) is 0. The second-order valence-corrected chi connectivity index (χ2v) is 5.28. The summed E-state index contributed by atoms with van der Waals surface area (Å²) < 4.78 is 2.26. The van der Waals surface area contributed by atoms with Crippen molar-refractivity contribution in [2.24, 2.45) is 0 Å². The van der Waals surface area contributed by atoms with Gasteiger partial charge >= 0.3 is 0 Å². The predicted molar refractivity (Wildman–Crippen MR) is 57.3 cm³/mol. The van der Waals surface area contributed by atoms with E-state index in [0.717, 1.165) is 18.1 Å². The van der Waals surface area contributed by atoms with Crippen LogP contribution in [0.15, 0.2) is 18.3 Å². The second-order valence-electron chi connectivity index (χ2n) is 2.04. The van der Waals surface area contributed by atoms with E-state index >= 15 is 0 Å². The van der Waals surface area contributed by atoms with E-state index in [0.29, 0.717) is 0 Å². The Morgan fingerprint density at radius 1 is 1.55 bits per heavy atom. The minimum Gasteiger partial charge on any atom is -0.254 e. The molecule has 0 spiro atoms. The molecule has 0 amide bonds. The molecule has 0 unspecified atom stereocenters. The molecule has 0 saturated carbocycles. The molecule has 0 aliphatic rings. The highest BCUT2D eigenvalue weighted by atomic mass is 127. The Balaban J connectivity index is 2.92. The fourth-order valence-corrected chi connectivity index (χ4v) is 2.94. The van der Waals surface area contributed by atoms with Gasteiger partial charge in [-0.15, -0.1) is 11.3 Å². The van der Waals surface area contributed by atoms with E-state index in [1.807, 2.05) is 12.1 Å². The smallest absolute Gasteiger partial charge is 0.101 e. The average Bonchev–Trinajstić information content (AvgIpc) is 2.30. The maximum Gasteiger partial charge on any atom is 0.101 e. The van der Waals surface area contributed by atoms with Crippen molar-refractivity contribution in [1.29, 1.82) is 0 Å². The Labute approximate surface area is 86.5 Å². The molecule has 0 N–H and O–H groups in total. The van der Waals surface area contributed by atoms with E-state index in [1.165, 1.54) is 0 Å². The number of pyridine rings is 1. The average molecular weight is 296 g/mol. The number of hydrogen-bond donors (Lipinski definition) is 0. The van der Waals surface area contributed by atoms with Gasteiger partial charge in [0.25, 0.3) is 0 Å². The lowest BCUT2D eigenvalue weighted by atomic mass is 10.4. The normalized spacial score (nSPS) is 10.7. The molecular formula is C7H3ClINS. The summed E-state index contributed by atoms with van der Waals surface area (Å²) in [7, 11) is 0. The molecule has 0 aliphatic carbocycles. The number of halogens is 2. The van der Waals surface area contributed by atoms with Gasteiger partial charge in [0, 0.05) is 6.20 Å². The Morgan fingerprint density at radius 3 is 3.09 bits per heavy atom. The quantitative estimate of drug-likeness (QED) is 0.677. The largest absolute Gasteiger partial charge is 0.254 e. The first kappa shape index (κ1) is 7.76. The zero-order valence-electron chi connectivity index (χ0n) is 5.34. The van der Waals surface area contributed by atoms with E-state index in [-0.39, 0.29) is 0 Å². The third-order valence-corrected chi connectivity index (χ3v) is 4.28. The van der Waals surface area contributed by atoms with Gasteiger partial charge in [0.1, 0.15) is 5.52 Å². The van der Waals surface area contributed by atoms with Crippen LogP contribution in [0.3, 0.4) is 0 Å². The SMILES string of the molecule is Clc1c(I)sc2cccnc12. The first-order valence-electron chi connectivity index (χ1n) is 2.97. The van der Waals surface area contributed by atoms with Gasteiger partial charge in [-0.1, -0.05) is 11.6 Å². The van der Waals surface area contributed by atoms with Crippen LogP contribution in [-0.4, -0.2) is 4.98 Å². The molecular weight excluding hydrogens is 293 g/mol. The third-order valence-electron chi connectivity index (χ3n) is 1.35. The van der Waals surface area contributed by atoms with Gasteiger partial charge in [-0.05, 0) is 34.7 Å². The molecule has 0 atom stereocenters. The molecule has 11 heavy (non-hydrogen) atoms. The number of rotatable bonds is 0. The minimum atomic E-state index is 0.784. The molecule has 0 aliphatic heterocycles. The van der Waals surface area contributed by atoms with Crippen molar-refractivity contribution in [2.75, 3.05) is 0 Å². The highest BCUT2D eigenvalue weighted by Gasteiger charge is 2.06. The van der Waals surface area contributed by atoms with Crippen molar-refractivity contribution in [3.8, 4) is 0 Å². The van der Waals surface area contributed by atoms with Crippen LogP contribution in [0.1, 0.15) is 0 Å². The summed E-state index contributed by atoms with van der Waals surface area (Å²) in [5, 5.41) is 0.784. The van der Waals surface area contributed by atoms with Gasteiger partial charge in [-0.3, -0.25) is 4.98 Å². The highest BCUT2D eigenvalue weighted by Crippen LogP contribution is 2.34.